The zero-order chi connectivity index (χ0) is 13.6. The van der Waals surface area contributed by atoms with Gasteiger partial charge in [-0.3, -0.25) is 4.79 Å². The summed E-state index contributed by atoms with van der Waals surface area (Å²) in [4.78, 5) is 34.8. The number of esters is 1. The van der Waals surface area contributed by atoms with Crippen molar-refractivity contribution in [2.45, 2.75) is 33.3 Å². The number of ketones is 1. The predicted molar refractivity (Wildman–Crippen MR) is 60.5 cm³/mol. The highest BCUT2D eigenvalue weighted by Crippen LogP contribution is 2.08. The highest BCUT2D eigenvalue weighted by atomic mass is 16.6. The molecule has 98 valence electrons. The zero-order valence-electron chi connectivity index (χ0n) is 10.9. The first-order valence-electron chi connectivity index (χ1n) is 5.31. The van der Waals surface area contributed by atoms with Gasteiger partial charge < -0.3 is 14.4 Å². The van der Waals surface area contributed by atoms with Crippen molar-refractivity contribution in [1.82, 2.24) is 4.90 Å². The van der Waals surface area contributed by atoms with Crippen molar-refractivity contribution in [3.63, 3.8) is 0 Å². The van der Waals surface area contributed by atoms with Gasteiger partial charge in [0.05, 0.1) is 13.2 Å². The van der Waals surface area contributed by atoms with Crippen molar-refractivity contribution in [3.05, 3.63) is 0 Å². The Labute approximate surface area is 101 Å². The Hall–Kier alpha value is -1.59. The normalized spacial score (nSPS) is 10.6. The summed E-state index contributed by atoms with van der Waals surface area (Å²) in [5.41, 5.74) is -0.641. The highest BCUT2D eigenvalue weighted by Gasteiger charge is 2.24. The summed E-state index contributed by atoms with van der Waals surface area (Å²) in [6, 6.07) is 0. The van der Waals surface area contributed by atoms with E-state index in [0.29, 0.717) is 0 Å². The summed E-state index contributed by atoms with van der Waals surface area (Å²) < 4.78 is 9.54. The molecule has 0 saturated heterocycles. The number of hydrogen-bond acceptors (Lipinski definition) is 5. The topological polar surface area (TPSA) is 72.9 Å². The molecule has 0 unspecified atom stereocenters. The minimum absolute atomic E-state index is 0.126. The molecular formula is C11H19NO5. The fourth-order valence-electron chi connectivity index (χ4n) is 0.896. The maximum absolute atomic E-state index is 11.5. The number of Topliss-reactive ketones (excluding diaryl/α,β-unsaturated/α-hetero) is 1. The minimum Gasteiger partial charge on any atom is -0.460 e. The number of nitrogens with zero attached hydrogens (tertiary/aromatic N) is 1. The van der Waals surface area contributed by atoms with Gasteiger partial charge in [-0.15, -0.1) is 0 Å². The van der Waals surface area contributed by atoms with Crippen LogP contribution in [0.15, 0.2) is 0 Å². The van der Waals surface area contributed by atoms with Crippen LogP contribution in [0, 0.1) is 0 Å². The molecule has 6 heteroatoms. The van der Waals surface area contributed by atoms with Crippen molar-refractivity contribution in [3.8, 4) is 0 Å². The molecule has 0 aromatic carbocycles. The smallest absolute Gasteiger partial charge is 0.410 e. The fraction of sp³-hybridized carbons (Fsp3) is 0.727. The molecule has 0 spiro atoms. The Kier molecular flexibility index (Phi) is 5.64. The molecule has 17 heavy (non-hydrogen) atoms. The van der Waals surface area contributed by atoms with E-state index in [2.05, 4.69) is 4.74 Å². The molecule has 0 atom stereocenters. The first-order chi connectivity index (χ1) is 7.67. The van der Waals surface area contributed by atoms with Crippen LogP contribution in [0.5, 0.6) is 0 Å². The minimum atomic E-state index is -0.942. The lowest BCUT2D eigenvalue weighted by Crippen LogP contribution is -2.39. The van der Waals surface area contributed by atoms with Gasteiger partial charge in [-0.1, -0.05) is 0 Å². The van der Waals surface area contributed by atoms with E-state index in [1.165, 1.54) is 7.05 Å². The summed E-state index contributed by atoms with van der Waals surface area (Å²) in [7, 11) is 1.38. The average Bonchev–Trinajstić information content (AvgIpc) is 2.15. The predicted octanol–water partition coefficient (Wildman–Crippen LogP) is 0.985. The summed E-state index contributed by atoms with van der Waals surface area (Å²) >= 11 is 0. The van der Waals surface area contributed by atoms with Crippen LogP contribution in [-0.4, -0.2) is 48.5 Å². The van der Waals surface area contributed by atoms with Crippen molar-refractivity contribution >= 4 is 17.8 Å². The molecule has 6 nitrogen and oxygen atoms in total. The van der Waals surface area contributed by atoms with Crippen LogP contribution in [0.3, 0.4) is 0 Å². The summed E-state index contributed by atoms with van der Waals surface area (Å²) in [6.07, 6.45) is -0.657. The summed E-state index contributed by atoms with van der Waals surface area (Å²) in [5, 5.41) is 0. The van der Waals surface area contributed by atoms with Gasteiger partial charge in [0.1, 0.15) is 5.60 Å². The number of likely N-dealkylation sites (N-methyl/N-ethyl adjacent to an activating group) is 1. The molecule has 0 radical (unpaired) electrons. The van der Waals surface area contributed by atoms with Crippen LogP contribution in [0.1, 0.15) is 27.7 Å². The third-order valence-corrected chi connectivity index (χ3v) is 1.59. The number of rotatable bonds is 4. The first-order valence-corrected chi connectivity index (χ1v) is 5.31. The standard InChI is InChI=1S/C11H19NO5/c1-6-16-9(14)8(13)7-12(5)10(15)17-11(2,3)4/h6-7H2,1-5H3. The van der Waals surface area contributed by atoms with Gasteiger partial charge in [0, 0.05) is 7.05 Å². The lowest BCUT2D eigenvalue weighted by atomic mass is 10.2. The zero-order valence-corrected chi connectivity index (χ0v) is 10.9. The monoisotopic (exact) mass is 245 g/mol. The van der Waals surface area contributed by atoms with E-state index in [-0.39, 0.29) is 13.2 Å². The van der Waals surface area contributed by atoms with Crippen LogP contribution < -0.4 is 0 Å². The van der Waals surface area contributed by atoms with Gasteiger partial charge in [-0.2, -0.15) is 0 Å². The fourth-order valence-corrected chi connectivity index (χ4v) is 0.896. The van der Waals surface area contributed by atoms with E-state index in [1.807, 2.05) is 0 Å². The maximum Gasteiger partial charge on any atom is 0.410 e. The van der Waals surface area contributed by atoms with Gasteiger partial charge in [-0.05, 0) is 27.7 Å². The van der Waals surface area contributed by atoms with Gasteiger partial charge >= 0.3 is 12.1 Å². The molecule has 0 aromatic heterocycles. The Morgan fingerprint density at radius 2 is 1.71 bits per heavy atom. The quantitative estimate of drug-likeness (QED) is 0.545. The van der Waals surface area contributed by atoms with Gasteiger partial charge in [0.15, 0.2) is 0 Å². The number of amides is 1. The largest absolute Gasteiger partial charge is 0.460 e. The molecule has 0 N–H and O–H groups in total. The van der Waals surface area contributed by atoms with E-state index in [0.717, 1.165) is 4.90 Å². The van der Waals surface area contributed by atoms with Crippen LogP contribution in [0.4, 0.5) is 4.79 Å². The number of carbonyl (C=O) groups is 3. The highest BCUT2D eigenvalue weighted by molar-refractivity contribution is 6.34. The third-order valence-electron chi connectivity index (χ3n) is 1.59. The Morgan fingerprint density at radius 1 is 1.18 bits per heavy atom. The second-order valence-electron chi connectivity index (χ2n) is 4.48. The van der Waals surface area contributed by atoms with Crippen LogP contribution in [0.25, 0.3) is 0 Å². The molecule has 0 rings (SSSR count). The molecule has 0 fully saturated rings. The van der Waals surface area contributed by atoms with Crippen molar-refractivity contribution < 1.29 is 23.9 Å². The molecular weight excluding hydrogens is 226 g/mol. The van der Waals surface area contributed by atoms with Gasteiger partial charge in [0.25, 0.3) is 5.78 Å². The molecule has 0 aliphatic heterocycles. The van der Waals surface area contributed by atoms with Crippen molar-refractivity contribution in [2.75, 3.05) is 20.2 Å². The van der Waals surface area contributed by atoms with E-state index in [1.54, 1.807) is 27.7 Å². The molecule has 0 saturated carbocycles. The second-order valence-corrected chi connectivity index (χ2v) is 4.48. The van der Waals surface area contributed by atoms with E-state index in [4.69, 9.17) is 4.74 Å². The van der Waals surface area contributed by atoms with Crippen molar-refractivity contribution in [1.29, 1.82) is 0 Å². The molecule has 0 heterocycles. The van der Waals surface area contributed by atoms with Crippen LogP contribution >= 0.6 is 0 Å². The van der Waals surface area contributed by atoms with E-state index < -0.39 is 23.4 Å². The Balaban J connectivity index is 4.26. The van der Waals surface area contributed by atoms with Crippen LogP contribution in [-0.2, 0) is 19.1 Å². The second kappa shape index (κ2) is 6.22. The SMILES string of the molecule is CCOC(=O)C(=O)CN(C)C(=O)OC(C)(C)C. The lowest BCUT2D eigenvalue weighted by Gasteiger charge is -2.23. The van der Waals surface area contributed by atoms with Gasteiger partial charge in [-0.25, -0.2) is 9.59 Å². The van der Waals surface area contributed by atoms with E-state index >= 15 is 0 Å². The van der Waals surface area contributed by atoms with Gasteiger partial charge in [0.2, 0.25) is 0 Å². The molecule has 0 aliphatic carbocycles. The maximum atomic E-state index is 11.5. The summed E-state index contributed by atoms with van der Waals surface area (Å²) in [5.74, 6) is -1.72. The Morgan fingerprint density at radius 3 is 2.12 bits per heavy atom. The lowest BCUT2D eigenvalue weighted by molar-refractivity contribution is -0.153. The molecule has 0 aliphatic rings. The number of hydrogen-bond donors (Lipinski definition) is 0. The number of ether oxygens (including phenoxy) is 2. The third kappa shape index (κ3) is 6.55. The molecule has 1 amide bonds. The Bertz CT molecular complexity index is 305. The molecule has 0 bridgehead atoms. The van der Waals surface area contributed by atoms with Crippen molar-refractivity contribution in [2.24, 2.45) is 0 Å². The average molecular weight is 245 g/mol. The number of carbonyl (C=O) groups excluding carboxylic acids is 3. The van der Waals surface area contributed by atoms with Crippen LogP contribution in [0.2, 0.25) is 0 Å². The van der Waals surface area contributed by atoms with E-state index in [9.17, 15) is 14.4 Å². The summed E-state index contributed by atoms with van der Waals surface area (Å²) in [6.45, 7) is 6.51. The molecule has 0 aromatic rings. The first kappa shape index (κ1) is 15.4.